The summed E-state index contributed by atoms with van der Waals surface area (Å²) in [6.07, 6.45) is 2.27. The zero-order chi connectivity index (χ0) is 18.3. The number of nitrogens with one attached hydrogen (secondary N) is 1. The van der Waals surface area contributed by atoms with Gasteiger partial charge in [0.2, 0.25) is 5.95 Å². The highest BCUT2D eigenvalue weighted by atomic mass is 79.9. The number of halogens is 2. The highest BCUT2D eigenvalue weighted by molar-refractivity contribution is 9.10. The third-order valence-corrected chi connectivity index (χ3v) is 5.29. The predicted octanol–water partition coefficient (Wildman–Crippen LogP) is 5.10. The number of rotatable bonds is 4. The number of hydrogen-bond donors (Lipinski definition) is 2. The Balaban J connectivity index is 1.97. The topological polar surface area (TPSA) is 63.0 Å². The van der Waals surface area contributed by atoms with Crippen LogP contribution in [0.1, 0.15) is 13.1 Å². The van der Waals surface area contributed by atoms with Crippen LogP contribution in [-0.4, -0.2) is 25.7 Å². The minimum Gasteiger partial charge on any atom is -0.389 e. The first-order valence-electron chi connectivity index (χ1n) is 8.15. The van der Waals surface area contributed by atoms with Gasteiger partial charge in [-0.05, 0) is 49.4 Å². The van der Waals surface area contributed by atoms with Gasteiger partial charge in [-0.2, -0.15) is 0 Å². The maximum Gasteiger partial charge on any atom is 0.224 e. The van der Waals surface area contributed by atoms with Crippen LogP contribution in [-0.2, 0) is 0 Å². The predicted molar refractivity (Wildman–Crippen MR) is 111 cm³/mol. The van der Waals surface area contributed by atoms with E-state index in [9.17, 15) is 5.11 Å². The van der Waals surface area contributed by atoms with Gasteiger partial charge in [0.25, 0.3) is 0 Å². The van der Waals surface area contributed by atoms with Gasteiger partial charge in [-0.25, -0.2) is 9.97 Å². The summed E-state index contributed by atoms with van der Waals surface area (Å²) in [6, 6.07) is 14.1. The van der Waals surface area contributed by atoms with Crippen LogP contribution in [0, 0.1) is 0 Å². The SMILES string of the molecule is CC(O)C(Nc1ncccn1)n1c2ccc(Br)cc2c2cc(Br)ccc21. The fraction of sp³-hybridized carbons (Fsp3) is 0.158. The first-order valence-corrected chi connectivity index (χ1v) is 9.73. The second-order valence-electron chi connectivity index (χ2n) is 6.10. The minimum atomic E-state index is -0.662. The lowest BCUT2D eigenvalue weighted by Crippen LogP contribution is -2.29. The molecule has 0 saturated heterocycles. The molecular weight excluding hydrogens is 460 g/mol. The summed E-state index contributed by atoms with van der Waals surface area (Å²) in [5.74, 6) is 0.475. The van der Waals surface area contributed by atoms with Gasteiger partial charge in [-0.3, -0.25) is 0 Å². The monoisotopic (exact) mass is 474 g/mol. The summed E-state index contributed by atoms with van der Waals surface area (Å²) >= 11 is 7.12. The fourth-order valence-electron chi connectivity index (χ4n) is 3.20. The molecule has 2 atom stereocenters. The maximum atomic E-state index is 10.5. The number of anilines is 1. The van der Waals surface area contributed by atoms with Crippen LogP contribution in [0.2, 0.25) is 0 Å². The van der Waals surface area contributed by atoms with Crippen LogP contribution < -0.4 is 5.32 Å². The van der Waals surface area contributed by atoms with E-state index in [1.807, 2.05) is 12.1 Å². The molecular formula is C19H16Br2N4O. The molecule has 0 radical (unpaired) electrons. The Kier molecular flexibility index (Phi) is 4.69. The van der Waals surface area contributed by atoms with Crippen LogP contribution in [0.15, 0.2) is 63.8 Å². The van der Waals surface area contributed by atoms with Crippen molar-refractivity contribution in [2.75, 3.05) is 5.32 Å². The molecule has 0 aliphatic heterocycles. The van der Waals surface area contributed by atoms with Crippen LogP contribution in [0.4, 0.5) is 5.95 Å². The van der Waals surface area contributed by atoms with Crippen molar-refractivity contribution in [3.63, 3.8) is 0 Å². The van der Waals surface area contributed by atoms with Gasteiger partial charge in [0.15, 0.2) is 0 Å². The lowest BCUT2D eigenvalue weighted by Gasteiger charge is -2.25. The summed E-state index contributed by atoms with van der Waals surface area (Å²) in [4.78, 5) is 8.48. The third kappa shape index (κ3) is 3.11. The zero-order valence-electron chi connectivity index (χ0n) is 13.9. The molecule has 2 aromatic heterocycles. The van der Waals surface area contributed by atoms with E-state index in [1.165, 1.54) is 0 Å². The van der Waals surface area contributed by atoms with Crippen LogP contribution in [0.3, 0.4) is 0 Å². The van der Waals surface area contributed by atoms with Gasteiger partial charge in [-0.15, -0.1) is 0 Å². The molecule has 132 valence electrons. The average Bonchev–Trinajstić information content (AvgIpc) is 2.93. The molecule has 2 unspecified atom stereocenters. The van der Waals surface area contributed by atoms with Crippen molar-refractivity contribution in [3.8, 4) is 0 Å². The molecule has 0 bridgehead atoms. The van der Waals surface area contributed by atoms with Crippen LogP contribution in [0.5, 0.6) is 0 Å². The standard InChI is InChI=1S/C19H16Br2N4O/c1-11(26)18(24-19-22-7-2-8-23-19)25-16-5-3-12(20)9-14(16)15-10-13(21)4-6-17(15)25/h2-11,18,26H,1H3,(H,22,23,24). The average molecular weight is 476 g/mol. The van der Waals surface area contributed by atoms with E-state index in [0.29, 0.717) is 5.95 Å². The molecule has 0 aliphatic rings. The first-order chi connectivity index (χ1) is 12.5. The quantitative estimate of drug-likeness (QED) is 0.431. The fourth-order valence-corrected chi connectivity index (χ4v) is 3.93. The molecule has 2 aromatic carbocycles. The molecule has 0 amide bonds. The Morgan fingerprint density at radius 1 is 0.962 bits per heavy atom. The third-order valence-electron chi connectivity index (χ3n) is 4.30. The van der Waals surface area contributed by atoms with Crippen molar-refractivity contribution in [3.05, 3.63) is 63.8 Å². The Hall–Kier alpha value is -1.96. The summed E-state index contributed by atoms with van der Waals surface area (Å²) in [7, 11) is 0. The molecule has 26 heavy (non-hydrogen) atoms. The van der Waals surface area contributed by atoms with Gasteiger partial charge in [0, 0.05) is 32.1 Å². The van der Waals surface area contributed by atoms with Gasteiger partial charge in [-0.1, -0.05) is 31.9 Å². The first kappa shape index (κ1) is 17.5. The summed E-state index contributed by atoms with van der Waals surface area (Å²) < 4.78 is 4.12. The van der Waals surface area contributed by atoms with E-state index in [2.05, 4.69) is 76.0 Å². The number of aromatic nitrogens is 3. The van der Waals surface area contributed by atoms with Crippen molar-refractivity contribution in [2.45, 2.75) is 19.2 Å². The molecule has 5 nitrogen and oxygen atoms in total. The van der Waals surface area contributed by atoms with Gasteiger partial charge >= 0.3 is 0 Å². The van der Waals surface area contributed by atoms with Gasteiger partial charge < -0.3 is 15.0 Å². The second kappa shape index (κ2) is 6.98. The number of nitrogens with zero attached hydrogens (tertiary/aromatic N) is 3. The van der Waals surface area contributed by atoms with Crippen LogP contribution in [0.25, 0.3) is 21.8 Å². The summed E-state index contributed by atoms with van der Waals surface area (Å²) in [5, 5.41) is 16.0. The molecule has 2 N–H and O–H groups in total. The van der Waals surface area contributed by atoms with Crippen molar-refractivity contribution >= 4 is 59.6 Å². The number of aliphatic hydroxyl groups excluding tert-OH is 1. The highest BCUT2D eigenvalue weighted by Gasteiger charge is 2.23. The maximum absolute atomic E-state index is 10.5. The number of hydrogen-bond acceptors (Lipinski definition) is 4. The van der Waals surface area contributed by atoms with Gasteiger partial charge in [0.1, 0.15) is 6.17 Å². The lowest BCUT2D eigenvalue weighted by molar-refractivity contribution is 0.147. The Morgan fingerprint density at radius 2 is 1.50 bits per heavy atom. The van der Waals surface area contributed by atoms with E-state index < -0.39 is 12.3 Å². The second-order valence-corrected chi connectivity index (χ2v) is 7.93. The Bertz CT molecular complexity index is 1020. The molecule has 4 aromatic rings. The summed E-state index contributed by atoms with van der Waals surface area (Å²) in [5.41, 5.74) is 2.05. The number of fused-ring (bicyclic) bond motifs is 3. The largest absolute Gasteiger partial charge is 0.389 e. The molecule has 2 heterocycles. The number of benzene rings is 2. The van der Waals surface area contributed by atoms with Gasteiger partial charge in [0.05, 0.1) is 17.1 Å². The van der Waals surface area contributed by atoms with E-state index in [4.69, 9.17) is 0 Å². The van der Waals surface area contributed by atoms with E-state index >= 15 is 0 Å². The highest BCUT2D eigenvalue weighted by Crippen LogP contribution is 2.36. The lowest BCUT2D eigenvalue weighted by atomic mass is 10.2. The Morgan fingerprint density at radius 3 is 2.00 bits per heavy atom. The van der Waals surface area contributed by atoms with Crippen molar-refractivity contribution < 1.29 is 5.11 Å². The molecule has 0 fully saturated rings. The molecule has 4 rings (SSSR count). The van der Waals surface area contributed by atoms with E-state index in [1.54, 1.807) is 25.4 Å². The summed E-state index contributed by atoms with van der Waals surface area (Å²) in [6.45, 7) is 1.76. The van der Waals surface area contributed by atoms with Crippen molar-refractivity contribution in [2.24, 2.45) is 0 Å². The molecule has 7 heteroatoms. The van der Waals surface area contributed by atoms with E-state index in [-0.39, 0.29) is 0 Å². The Labute approximate surface area is 167 Å². The number of aliphatic hydroxyl groups is 1. The van der Waals surface area contributed by atoms with Crippen molar-refractivity contribution in [1.82, 2.24) is 14.5 Å². The normalized spacial score (nSPS) is 13.8. The minimum absolute atomic E-state index is 0.417. The van der Waals surface area contributed by atoms with Crippen LogP contribution >= 0.6 is 31.9 Å². The smallest absolute Gasteiger partial charge is 0.224 e. The zero-order valence-corrected chi connectivity index (χ0v) is 17.1. The van der Waals surface area contributed by atoms with E-state index in [0.717, 1.165) is 30.8 Å². The van der Waals surface area contributed by atoms with Crippen molar-refractivity contribution in [1.29, 1.82) is 0 Å². The molecule has 0 saturated carbocycles. The molecule has 0 aliphatic carbocycles. The molecule has 0 spiro atoms.